The predicted octanol–water partition coefficient (Wildman–Crippen LogP) is 5.66. The van der Waals surface area contributed by atoms with Gasteiger partial charge in [-0.25, -0.2) is 0 Å². The van der Waals surface area contributed by atoms with Gasteiger partial charge in [0.2, 0.25) is 0 Å². The number of para-hydroxylation sites is 1. The summed E-state index contributed by atoms with van der Waals surface area (Å²) in [6.45, 7) is 2.27. The van der Waals surface area contributed by atoms with Gasteiger partial charge in [0.15, 0.2) is 0 Å². The number of fused-ring (bicyclic) bond motifs is 1. The molecule has 0 aliphatic heterocycles. The summed E-state index contributed by atoms with van der Waals surface area (Å²) < 4.78 is 6.39. The van der Waals surface area contributed by atoms with Crippen molar-refractivity contribution in [2.24, 2.45) is 5.92 Å². The lowest BCUT2D eigenvalue weighted by atomic mass is 9.99. The maximum atomic E-state index is 6.39. The number of hydrogen-bond donors (Lipinski definition) is 1. The van der Waals surface area contributed by atoms with Crippen molar-refractivity contribution < 1.29 is 4.74 Å². The van der Waals surface area contributed by atoms with Crippen LogP contribution in [-0.4, -0.2) is 6.10 Å². The van der Waals surface area contributed by atoms with Crippen LogP contribution in [0.4, 0.5) is 5.69 Å². The fourth-order valence-electron chi connectivity index (χ4n) is 3.71. The van der Waals surface area contributed by atoms with E-state index in [1.54, 1.807) is 0 Å². The molecule has 1 fully saturated rings. The van der Waals surface area contributed by atoms with Crippen LogP contribution in [0.2, 0.25) is 0 Å². The third-order valence-electron chi connectivity index (χ3n) is 5.16. The van der Waals surface area contributed by atoms with E-state index in [0.29, 0.717) is 5.92 Å². The minimum atomic E-state index is 0.272. The van der Waals surface area contributed by atoms with Crippen LogP contribution in [0.3, 0.4) is 0 Å². The fraction of sp³-hybridized carbons (Fsp3) is 0.273. The number of nitrogens with two attached hydrogens (primary N) is 1. The van der Waals surface area contributed by atoms with Gasteiger partial charge in [-0.15, -0.1) is 0 Å². The zero-order valence-corrected chi connectivity index (χ0v) is 14.0. The summed E-state index contributed by atoms with van der Waals surface area (Å²) in [4.78, 5) is 0. The molecule has 122 valence electrons. The molecule has 1 aliphatic rings. The Hall–Kier alpha value is -2.48. The van der Waals surface area contributed by atoms with Gasteiger partial charge in [-0.05, 0) is 53.6 Å². The Bertz CT molecular complexity index is 871. The number of ether oxygens (including phenoxy) is 1. The molecule has 0 saturated heterocycles. The summed E-state index contributed by atoms with van der Waals surface area (Å²) in [7, 11) is 0. The molecule has 0 radical (unpaired) electrons. The van der Waals surface area contributed by atoms with E-state index in [-0.39, 0.29) is 6.10 Å². The molecule has 24 heavy (non-hydrogen) atoms. The molecular formula is C22H23NO. The summed E-state index contributed by atoms with van der Waals surface area (Å²) in [5.74, 6) is 1.43. The lowest BCUT2D eigenvalue weighted by molar-refractivity contribution is 0.169. The van der Waals surface area contributed by atoms with Crippen molar-refractivity contribution in [3.05, 3.63) is 60.7 Å². The van der Waals surface area contributed by atoms with Gasteiger partial charge < -0.3 is 10.5 Å². The van der Waals surface area contributed by atoms with E-state index in [1.165, 1.54) is 23.6 Å². The lowest BCUT2D eigenvalue weighted by Crippen LogP contribution is -2.20. The molecule has 2 heteroatoms. The van der Waals surface area contributed by atoms with E-state index < -0.39 is 0 Å². The van der Waals surface area contributed by atoms with Crippen LogP contribution in [0.5, 0.6) is 5.75 Å². The number of hydrogen-bond acceptors (Lipinski definition) is 2. The van der Waals surface area contributed by atoms with Crippen LogP contribution < -0.4 is 10.5 Å². The Morgan fingerprint density at radius 3 is 2.54 bits per heavy atom. The Balaban J connectivity index is 1.77. The number of nitrogen functional groups attached to an aromatic ring is 1. The van der Waals surface area contributed by atoms with E-state index in [0.717, 1.165) is 29.0 Å². The van der Waals surface area contributed by atoms with Gasteiger partial charge >= 0.3 is 0 Å². The molecule has 2 nitrogen and oxygen atoms in total. The van der Waals surface area contributed by atoms with Gasteiger partial charge in [-0.1, -0.05) is 55.5 Å². The first-order chi connectivity index (χ1) is 11.7. The van der Waals surface area contributed by atoms with Gasteiger partial charge in [0.1, 0.15) is 11.9 Å². The lowest BCUT2D eigenvalue weighted by Gasteiger charge is -2.22. The third-order valence-corrected chi connectivity index (χ3v) is 5.16. The first kappa shape index (κ1) is 15.1. The summed E-state index contributed by atoms with van der Waals surface area (Å²) in [6.07, 6.45) is 3.87. The zero-order valence-electron chi connectivity index (χ0n) is 14.0. The highest BCUT2D eigenvalue weighted by Gasteiger charge is 2.26. The minimum Gasteiger partial charge on any atom is -0.487 e. The van der Waals surface area contributed by atoms with Gasteiger partial charge in [0, 0.05) is 5.56 Å². The van der Waals surface area contributed by atoms with E-state index in [2.05, 4.69) is 55.5 Å². The molecule has 1 saturated carbocycles. The fourth-order valence-corrected chi connectivity index (χ4v) is 3.71. The summed E-state index contributed by atoms with van der Waals surface area (Å²) >= 11 is 0. The first-order valence-electron chi connectivity index (χ1n) is 8.77. The summed E-state index contributed by atoms with van der Waals surface area (Å²) in [5.41, 5.74) is 9.23. The van der Waals surface area contributed by atoms with Crippen molar-refractivity contribution in [1.29, 1.82) is 0 Å². The molecular weight excluding hydrogens is 294 g/mol. The van der Waals surface area contributed by atoms with Gasteiger partial charge in [-0.2, -0.15) is 0 Å². The first-order valence-corrected chi connectivity index (χ1v) is 8.77. The Kier molecular flexibility index (Phi) is 3.89. The molecule has 0 amide bonds. The Morgan fingerprint density at radius 1 is 0.917 bits per heavy atom. The van der Waals surface area contributed by atoms with Crippen molar-refractivity contribution in [2.45, 2.75) is 32.3 Å². The van der Waals surface area contributed by atoms with E-state index in [9.17, 15) is 0 Å². The van der Waals surface area contributed by atoms with E-state index in [1.807, 2.05) is 12.1 Å². The van der Waals surface area contributed by atoms with Crippen LogP contribution in [-0.2, 0) is 0 Å². The highest BCUT2D eigenvalue weighted by Crippen LogP contribution is 2.39. The molecule has 0 bridgehead atoms. The highest BCUT2D eigenvalue weighted by atomic mass is 16.5. The highest BCUT2D eigenvalue weighted by molar-refractivity contribution is 5.89. The molecule has 4 rings (SSSR count). The minimum absolute atomic E-state index is 0.272. The number of benzene rings is 3. The molecule has 1 aliphatic carbocycles. The molecule has 2 N–H and O–H groups in total. The van der Waals surface area contributed by atoms with Crippen molar-refractivity contribution >= 4 is 16.5 Å². The van der Waals surface area contributed by atoms with Crippen LogP contribution in [0.25, 0.3) is 21.9 Å². The van der Waals surface area contributed by atoms with Crippen molar-refractivity contribution in [2.75, 3.05) is 5.73 Å². The normalized spacial score (nSPS) is 20.4. The molecule has 3 aromatic carbocycles. The molecule has 3 aromatic rings. The number of anilines is 1. The van der Waals surface area contributed by atoms with Crippen LogP contribution in [0.15, 0.2) is 60.7 Å². The monoisotopic (exact) mass is 317 g/mol. The summed E-state index contributed by atoms with van der Waals surface area (Å²) in [5, 5.41) is 2.48. The van der Waals surface area contributed by atoms with Crippen molar-refractivity contribution in [3.8, 4) is 16.9 Å². The van der Waals surface area contributed by atoms with Crippen molar-refractivity contribution in [1.82, 2.24) is 0 Å². The average Bonchev–Trinajstić information content (AvgIpc) is 3.01. The van der Waals surface area contributed by atoms with Crippen LogP contribution in [0, 0.1) is 5.92 Å². The number of rotatable bonds is 3. The molecule has 2 atom stereocenters. The largest absolute Gasteiger partial charge is 0.487 e. The third kappa shape index (κ3) is 2.73. The second-order valence-electron chi connectivity index (χ2n) is 6.85. The Labute approximate surface area is 143 Å². The molecule has 0 heterocycles. The smallest absolute Gasteiger partial charge is 0.150 e. The Morgan fingerprint density at radius 2 is 1.75 bits per heavy atom. The standard InChI is InChI=1S/C22H23NO/c1-15-6-4-11-21(15)24-22-19(9-5-10-20(22)23)18-13-12-16-7-2-3-8-17(16)14-18/h2-3,5,7-10,12-15,21H,4,6,11,23H2,1H3/t15-,21+/m0/s1. The second-order valence-corrected chi connectivity index (χ2v) is 6.85. The van der Waals surface area contributed by atoms with Crippen molar-refractivity contribution in [3.63, 3.8) is 0 Å². The second kappa shape index (κ2) is 6.20. The van der Waals surface area contributed by atoms with Gasteiger partial charge in [0.25, 0.3) is 0 Å². The maximum absolute atomic E-state index is 6.39. The van der Waals surface area contributed by atoms with Crippen LogP contribution in [0.1, 0.15) is 26.2 Å². The van der Waals surface area contributed by atoms with E-state index >= 15 is 0 Å². The zero-order chi connectivity index (χ0) is 16.5. The van der Waals surface area contributed by atoms with Gasteiger partial charge in [0.05, 0.1) is 5.69 Å². The van der Waals surface area contributed by atoms with Gasteiger partial charge in [-0.3, -0.25) is 0 Å². The van der Waals surface area contributed by atoms with E-state index in [4.69, 9.17) is 10.5 Å². The maximum Gasteiger partial charge on any atom is 0.150 e. The topological polar surface area (TPSA) is 35.2 Å². The average molecular weight is 317 g/mol. The quantitative estimate of drug-likeness (QED) is 0.633. The van der Waals surface area contributed by atoms with Crippen LogP contribution >= 0.6 is 0 Å². The molecule has 0 aromatic heterocycles. The summed E-state index contributed by atoms with van der Waals surface area (Å²) in [6, 6.07) is 21.0. The molecule has 0 spiro atoms. The molecule has 0 unspecified atom stereocenters. The SMILES string of the molecule is C[C@H]1CCC[C@H]1Oc1c(N)cccc1-c1ccc2ccccc2c1. The predicted molar refractivity (Wildman–Crippen MR) is 101 cm³/mol.